The van der Waals surface area contributed by atoms with Gasteiger partial charge in [0.1, 0.15) is 11.6 Å². The van der Waals surface area contributed by atoms with E-state index in [2.05, 4.69) is 0 Å². The zero-order valence-electron chi connectivity index (χ0n) is 26.8. The number of rotatable bonds is 8. The van der Waals surface area contributed by atoms with Gasteiger partial charge < -0.3 is 0 Å². The summed E-state index contributed by atoms with van der Waals surface area (Å²) < 4.78 is 333. The number of Topliss-reactive ketones (excluding diaryl/α,β-unsaturated/α-hetero) is 2. The zero-order chi connectivity index (χ0) is 47.5. The molecule has 0 aliphatic carbocycles. The van der Waals surface area contributed by atoms with Crippen molar-refractivity contribution in [2.45, 2.75) is 114 Å². The first-order valence-electron chi connectivity index (χ1n) is 11.9. The number of carbonyl (C=O) groups excluding carboxylic acids is 2. The molecule has 2 nitrogen and oxygen atoms in total. The summed E-state index contributed by atoms with van der Waals surface area (Å²) in [6, 6.07) is 0. The number of hydrogen-bond acceptors (Lipinski definition) is 2. The van der Waals surface area contributed by atoms with Gasteiger partial charge in [-0.05, 0) is 27.7 Å². The number of halogens is 30. The Hall–Kier alpha value is -1.55. The van der Waals surface area contributed by atoms with Gasteiger partial charge in [0.05, 0.1) is 27.8 Å². The standard InChI is InChI=1S/C5H3F9.2C5H5F7.C5H8O2.F4S.F2.FH3P2/c1-2(6,7)3(8,9)4(10,11)5(12,13)14;2*1-3(6,7)2-4(8,9)5(10,11)12;1-4(6)3-5(2)7;1-5(2,3)4;1-2;1-3-2/h1H3;2*2H2,1H3;3H2,1-2H3;;;3H,2H2. The number of alkyl halides is 23. The molecule has 0 saturated heterocycles. The first kappa shape index (κ1) is 68.2. The molecule has 35 heteroatoms. The minimum absolute atomic E-state index is 0.00660. The molecule has 0 aromatic carbocycles. The van der Waals surface area contributed by atoms with Crippen molar-refractivity contribution in [3.05, 3.63) is 0 Å². The molecule has 0 fully saturated rings. The third-order valence-corrected chi connectivity index (χ3v) is 3.69. The van der Waals surface area contributed by atoms with Crippen LogP contribution in [0.5, 0.6) is 0 Å². The van der Waals surface area contributed by atoms with E-state index < -0.39 is 99.9 Å². The van der Waals surface area contributed by atoms with Crippen molar-refractivity contribution in [2.24, 2.45) is 0 Å². The van der Waals surface area contributed by atoms with Gasteiger partial charge in [0.2, 0.25) is 0 Å². The third kappa shape index (κ3) is 37.8. The van der Waals surface area contributed by atoms with E-state index in [9.17, 15) is 130 Å². The molecule has 0 aliphatic rings. The predicted molar refractivity (Wildman–Crippen MR) is 138 cm³/mol. The molecule has 2 unspecified atom stereocenters. The first-order valence-corrected chi connectivity index (χ1v) is 15.8. The van der Waals surface area contributed by atoms with Crippen LogP contribution in [-0.4, -0.2) is 71.6 Å². The molecular formula is C20H24F30O2P2S. The van der Waals surface area contributed by atoms with Crippen LogP contribution in [0.4, 0.5) is 130 Å². The van der Waals surface area contributed by atoms with Crippen LogP contribution in [0.2, 0.25) is 0 Å². The molecule has 0 bridgehead atoms. The van der Waals surface area contributed by atoms with Gasteiger partial charge in [-0.15, -0.1) is 0 Å². The minimum Gasteiger partial charge on any atom is -0.300 e. The van der Waals surface area contributed by atoms with E-state index in [0.29, 0.717) is 0 Å². The van der Waals surface area contributed by atoms with Crippen molar-refractivity contribution < 1.29 is 139 Å². The van der Waals surface area contributed by atoms with Gasteiger partial charge in [0.15, 0.2) is 0 Å². The topological polar surface area (TPSA) is 34.1 Å². The Labute approximate surface area is 294 Å². The number of ketones is 2. The number of carbonyl (C=O) groups is 2. The van der Waals surface area contributed by atoms with Crippen molar-refractivity contribution >= 4 is 40.6 Å². The van der Waals surface area contributed by atoms with Crippen LogP contribution in [-0.2, 0) is 9.59 Å². The normalized spacial score (nSPS) is 13.7. The highest BCUT2D eigenvalue weighted by molar-refractivity contribution is 8.16. The highest BCUT2D eigenvalue weighted by Crippen LogP contribution is 2.54. The average Bonchev–Trinajstić information content (AvgIpc) is 2.79. The molecule has 0 rings (SSSR count). The summed E-state index contributed by atoms with van der Waals surface area (Å²) in [4.78, 5) is 20.1. The van der Waals surface area contributed by atoms with Crippen LogP contribution in [0.15, 0.2) is 0 Å². The van der Waals surface area contributed by atoms with E-state index in [1.165, 1.54) is 13.8 Å². The Kier molecular flexibility index (Phi) is 31.0. The summed E-state index contributed by atoms with van der Waals surface area (Å²) in [6.45, 7) is 2.11. The fraction of sp³-hybridized carbons (Fsp3) is 0.900. The highest BCUT2D eigenvalue weighted by Gasteiger charge is 2.80. The lowest BCUT2D eigenvalue weighted by atomic mass is 10.1. The molecule has 0 aliphatic heterocycles. The molecule has 0 aromatic heterocycles. The van der Waals surface area contributed by atoms with Crippen LogP contribution in [0.1, 0.15) is 53.9 Å². The van der Waals surface area contributed by atoms with Gasteiger partial charge in [-0.1, -0.05) is 24.5 Å². The summed E-state index contributed by atoms with van der Waals surface area (Å²) in [6.07, 6.45) is -23.5. The van der Waals surface area contributed by atoms with Crippen LogP contribution < -0.4 is 0 Å². The fourth-order valence-electron chi connectivity index (χ4n) is 1.78. The van der Waals surface area contributed by atoms with Crippen LogP contribution in [0.25, 0.3) is 0 Å². The maximum atomic E-state index is 12.0. The van der Waals surface area contributed by atoms with Gasteiger partial charge >= 0.3 is 59.7 Å². The third-order valence-electron chi connectivity index (χ3n) is 3.69. The molecule has 0 radical (unpaired) electrons. The van der Waals surface area contributed by atoms with Gasteiger partial charge in [-0.3, -0.25) is 9.59 Å². The Morgan fingerprint density at radius 2 is 0.673 bits per heavy atom. The van der Waals surface area contributed by atoms with Gasteiger partial charge in [-0.25, -0.2) is 21.8 Å². The lowest BCUT2D eigenvalue weighted by Crippen LogP contribution is -2.59. The molecular weight excluding hydrogens is 936 g/mol. The largest absolute Gasteiger partial charge is 0.460 e. The second-order valence-electron chi connectivity index (χ2n) is 9.47. The summed E-state index contributed by atoms with van der Waals surface area (Å²) in [5, 5.41) is 0. The van der Waals surface area contributed by atoms with Crippen molar-refractivity contribution in [1.29, 1.82) is 0 Å². The van der Waals surface area contributed by atoms with E-state index in [1.807, 2.05) is 8.93 Å². The monoisotopic (exact) mass is 960 g/mol. The van der Waals surface area contributed by atoms with Gasteiger partial charge in [0.25, 0.3) is 11.8 Å². The van der Waals surface area contributed by atoms with Gasteiger partial charge in [0, 0.05) is 16.1 Å². The molecule has 342 valence electrons. The Balaban J connectivity index is -0.000000105. The van der Waals surface area contributed by atoms with Crippen molar-refractivity contribution in [1.82, 2.24) is 0 Å². The fourth-order valence-corrected chi connectivity index (χ4v) is 1.78. The summed E-state index contributed by atoms with van der Waals surface area (Å²) in [5.74, 6) is -37.5. The van der Waals surface area contributed by atoms with E-state index in [1.54, 1.807) is 0 Å². The first-order chi connectivity index (χ1) is 23.2. The van der Waals surface area contributed by atoms with E-state index in [0.717, 1.165) is 0 Å². The molecule has 2 atom stereocenters. The summed E-state index contributed by atoms with van der Waals surface area (Å²) >= 11 is -6.17. The summed E-state index contributed by atoms with van der Waals surface area (Å²) in [7, 11) is 1.44. The van der Waals surface area contributed by atoms with Crippen molar-refractivity contribution in [2.75, 3.05) is 0 Å². The van der Waals surface area contributed by atoms with E-state index >= 15 is 0 Å². The second kappa shape index (κ2) is 25.0. The smallest absolute Gasteiger partial charge is 0.300 e. The zero-order valence-corrected chi connectivity index (χ0v) is 29.7. The van der Waals surface area contributed by atoms with Crippen LogP contribution in [0.3, 0.4) is 0 Å². The average molecular weight is 960 g/mol. The molecule has 0 saturated carbocycles. The quantitative estimate of drug-likeness (QED) is 0.138. The van der Waals surface area contributed by atoms with Crippen molar-refractivity contribution in [3.63, 3.8) is 0 Å². The Bertz CT molecular complexity index is 952. The van der Waals surface area contributed by atoms with Crippen LogP contribution >= 0.6 is 29.1 Å². The maximum absolute atomic E-state index is 12.0. The lowest BCUT2D eigenvalue weighted by molar-refractivity contribution is -0.393. The second-order valence-corrected chi connectivity index (χ2v) is 11.0. The minimum atomic E-state index is -6.77. The molecule has 0 N–H and O–H groups in total. The number of hydrogen-bond donors (Lipinski definition) is 0. The Morgan fingerprint density at radius 1 is 0.491 bits per heavy atom. The molecule has 0 heterocycles. The molecule has 0 spiro atoms. The predicted octanol–water partition coefficient (Wildman–Crippen LogP) is 15.0. The lowest BCUT2D eigenvalue weighted by Gasteiger charge is -2.31. The van der Waals surface area contributed by atoms with Crippen LogP contribution in [0, 0.1) is 0 Å². The van der Waals surface area contributed by atoms with E-state index in [-0.39, 0.29) is 31.8 Å². The highest BCUT2D eigenvalue weighted by atomic mass is 32.4. The maximum Gasteiger partial charge on any atom is 0.460 e. The molecule has 0 aromatic rings. The summed E-state index contributed by atoms with van der Waals surface area (Å²) in [5.41, 5.74) is 0. The Morgan fingerprint density at radius 3 is 0.709 bits per heavy atom. The molecule has 55 heavy (non-hydrogen) atoms. The molecule has 0 amide bonds. The van der Waals surface area contributed by atoms with E-state index in [4.69, 9.17) is 9.15 Å². The SMILES string of the molecule is CC(=O)CC(C)=O.CC(F)(F)C(F)(F)C(F)(F)C(F)(F)F.CC(F)(F)CC(F)(F)C(F)(F)F.CC(F)(F)CC(F)(F)C(F)(F)F.FF.FPP.FS(F)(F)F. The van der Waals surface area contributed by atoms with Gasteiger partial charge in [-0.2, -0.15) is 83.4 Å². The van der Waals surface area contributed by atoms with Crippen molar-refractivity contribution in [3.8, 4) is 0 Å².